The molecule has 1 N–H and O–H groups in total. The summed E-state index contributed by atoms with van der Waals surface area (Å²) in [5, 5.41) is 2.99. The molecule has 0 saturated carbocycles. The van der Waals surface area contributed by atoms with Gasteiger partial charge in [-0.1, -0.05) is 12.1 Å². The van der Waals surface area contributed by atoms with Gasteiger partial charge in [0.25, 0.3) is 0 Å². The summed E-state index contributed by atoms with van der Waals surface area (Å²) in [5.41, 5.74) is 0.510. The number of carbonyl (C=O) groups is 1. The van der Waals surface area contributed by atoms with Gasteiger partial charge in [-0.2, -0.15) is 0 Å². The molecule has 0 amide bonds. The lowest BCUT2D eigenvalue weighted by molar-refractivity contribution is -0.138. The standard InChI is InChI=1S/C13H19NO3/c1-13(2,3)17-11-8-6-5-7-10(11)14-9-12(15)16-4/h5-8,14H,9H2,1-4H3. The van der Waals surface area contributed by atoms with Crippen LogP contribution < -0.4 is 10.1 Å². The van der Waals surface area contributed by atoms with Gasteiger partial charge in [0.05, 0.1) is 12.8 Å². The van der Waals surface area contributed by atoms with Gasteiger partial charge in [-0.25, -0.2) is 0 Å². The van der Waals surface area contributed by atoms with Crippen LogP contribution in [0.2, 0.25) is 0 Å². The van der Waals surface area contributed by atoms with E-state index >= 15 is 0 Å². The fraction of sp³-hybridized carbons (Fsp3) is 0.462. The van der Waals surface area contributed by atoms with Crippen molar-refractivity contribution in [2.24, 2.45) is 0 Å². The summed E-state index contributed by atoms with van der Waals surface area (Å²) in [7, 11) is 1.36. The van der Waals surface area contributed by atoms with E-state index in [2.05, 4.69) is 10.1 Å². The van der Waals surface area contributed by atoms with E-state index in [1.165, 1.54) is 7.11 Å². The van der Waals surface area contributed by atoms with E-state index in [1.807, 2.05) is 45.0 Å². The van der Waals surface area contributed by atoms with Crippen LogP contribution >= 0.6 is 0 Å². The minimum absolute atomic E-state index is 0.126. The van der Waals surface area contributed by atoms with Gasteiger partial charge in [0.1, 0.15) is 17.9 Å². The van der Waals surface area contributed by atoms with Gasteiger partial charge < -0.3 is 14.8 Å². The van der Waals surface area contributed by atoms with Crippen molar-refractivity contribution >= 4 is 11.7 Å². The molecule has 1 rings (SSSR count). The van der Waals surface area contributed by atoms with Crippen molar-refractivity contribution in [2.75, 3.05) is 19.0 Å². The van der Waals surface area contributed by atoms with Gasteiger partial charge in [-0.15, -0.1) is 0 Å². The minimum Gasteiger partial charge on any atom is -0.486 e. The second kappa shape index (κ2) is 5.57. The van der Waals surface area contributed by atoms with E-state index in [0.717, 1.165) is 11.4 Å². The van der Waals surface area contributed by atoms with Crippen molar-refractivity contribution in [3.63, 3.8) is 0 Å². The van der Waals surface area contributed by atoms with E-state index in [9.17, 15) is 4.79 Å². The molecule has 0 saturated heterocycles. The maximum absolute atomic E-state index is 11.1. The number of rotatable bonds is 4. The maximum atomic E-state index is 11.1. The maximum Gasteiger partial charge on any atom is 0.325 e. The monoisotopic (exact) mass is 237 g/mol. The highest BCUT2D eigenvalue weighted by molar-refractivity contribution is 5.75. The third kappa shape index (κ3) is 4.76. The smallest absolute Gasteiger partial charge is 0.325 e. The average molecular weight is 237 g/mol. The highest BCUT2D eigenvalue weighted by Gasteiger charge is 2.14. The summed E-state index contributed by atoms with van der Waals surface area (Å²) in [5.74, 6) is 0.416. The van der Waals surface area contributed by atoms with E-state index < -0.39 is 0 Å². The van der Waals surface area contributed by atoms with Crippen molar-refractivity contribution in [1.82, 2.24) is 0 Å². The van der Waals surface area contributed by atoms with E-state index in [1.54, 1.807) is 0 Å². The van der Waals surface area contributed by atoms with Gasteiger partial charge in [0, 0.05) is 0 Å². The fourth-order valence-electron chi connectivity index (χ4n) is 1.27. The first-order valence-corrected chi connectivity index (χ1v) is 5.51. The number of ether oxygens (including phenoxy) is 2. The van der Waals surface area contributed by atoms with Crippen molar-refractivity contribution in [3.8, 4) is 5.75 Å². The quantitative estimate of drug-likeness (QED) is 0.817. The van der Waals surface area contributed by atoms with Crippen molar-refractivity contribution in [1.29, 1.82) is 0 Å². The van der Waals surface area contributed by atoms with Crippen LogP contribution in [0.25, 0.3) is 0 Å². The summed E-state index contributed by atoms with van der Waals surface area (Å²) in [4.78, 5) is 11.1. The number of esters is 1. The lowest BCUT2D eigenvalue weighted by atomic mass is 10.2. The molecule has 0 aliphatic carbocycles. The molecule has 0 aliphatic rings. The van der Waals surface area contributed by atoms with Crippen LogP contribution in [0.4, 0.5) is 5.69 Å². The Morgan fingerprint density at radius 3 is 2.53 bits per heavy atom. The number of hydrogen-bond acceptors (Lipinski definition) is 4. The van der Waals surface area contributed by atoms with Crippen molar-refractivity contribution in [3.05, 3.63) is 24.3 Å². The molecule has 94 valence electrons. The van der Waals surface area contributed by atoms with Crippen LogP contribution in [-0.2, 0) is 9.53 Å². The molecule has 0 bridgehead atoms. The molecule has 1 aromatic rings. The fourth-order valence-corrected chi connectivity index (χ4v) is 1.27. The van der Waals surface area contributed by atoms with E-state index in [4.69, 9.17) is 4.74 Å². The molecule has 4 heteroatoms. The number of hydrogen-bond donors (Lipinski definition) is 1. The number of para-hydroxylation sites is 2. The summed E-state index contributed by atoms with van der Waals surface area (Å²) in [6.07, 6.45) is 0. The Kier molecular flexibility index (Phi) is 4.37. The first-order chi connectivity index (χ1) is 7.92. The predicted octanol–water partition coefficient (Wildman–Crippen LogP) is 2.45. The number of carbonyl (C=O) groups excluding carboxylic acids is 1. The molecule has 0 spiro atoms. The van der Waals surface area contributed by atoms with Gasteiger partial charge in [-0.05, 0) is 32.9 Å². The summed E-state index contributed by atoms with van der Waals surface area (Å²) >= 11 is 0. The van der Waals surface area contributed by atoms with Crippen LogP contribution in [0.15, 0.2) is 24.3 Å². The predicted molar refractivity (Wildman–Crippen MR) is 67.3 cm³/mol. The molecule has 0 fully saturated rings. The molecule has 0 unspecified atom stereocenters. The SMILES string of the molecule is COC(=O)CNc1ccccc1OC(C)(C)C. The zero-order valence-electron chi connectivity index (χ0n) is 10.7. The molecule has 4 nitrogen and oxygen atoms in total. The van der Waals surface area contributed by atoms with Gasteiger partial charge in [0.15, 0.2) is 0 Å². The lowest BCUT2D eigenvalue weighted by Gasteiger charge is -2.23. The highest BCUT2D eigenvalue weighted by Crippen LogP contribution is 2.27. The van der Waals surface area contributed by atoms with Crippen molar-refractivity contribution in [2.45, 2.75) is 26.4 Å². The zero-order chi connectivity index (χ0) is 12.9. The summed E-state index contributed by atoms with van der Waals surface area (Å²) in [6.45, 7) is 6.05. The van der Waals surface area contributed by atoms with Gasteiger partial charge in [0.2, 0.25) is 0 Å². The van der Waals surface area contributed by atoms with Crippen LogP contribution in [0.3, 0.4) is 0 Å². The molecule has 17 heavy (non-hydrogen) atoms. The normalized spacial score (nSPS) is 10.8. The van der Waals surface area contributed by atoms with Crippen molar-refractivity contribution < 1.29 is 14.3 Å². The lowest BCUT2D eigenvalue weighted by Crippen LogP contribution is -2.24. The Bertz CT molecular complexity index is 382. The number of methoxy groups -OCH3 is 1. The Hall–Kier alpha value is -1.71. The Balaban J connectivity index is 2.74. The summed E-state index contributed by atoms with van der Waals surface area (Å²) in [6, 6.07) is 7.51. The molecular weight excluding hydrogens is 218 g/mol. The average Bonchev–Trinajstić information content (AvgIpc) is 2.25. The van der Waals surface area contributed by atoms with E-state index in [-0.39, 0.29) is 18.1 Å². The third-order valence-corrected chi connectivity index (χ3v) is 1.95. The second-order valence-corrected chi connectivity index (χ2v) is 4.64. The van der Waals surface area contributed by atoms with Crippen LogP contribution in [0.1, 0.15) is 20.8 Å². The molecule has 0 radical (unpaired) electrons. The Labute approximate surface area is 102 Å². The topological polar surface area (TPSA) is 47.6 Å². The zero-order valence-corrected chi connectivity index (χ0v) is 10.7. The molecule has 0 aromatic heterocycles. The first kappa shape index (κ1) is 13.4. The van der Waals surface area contributed by atoms with E-state index in [0.29, 0.717) is 0 Å². The first-order valence-electron chi connectivity index (χ1n) is 5.51. The van der Waals surface area contributed by atoms with Gasteiger partial charge in [-0.3, -0.25) is 4.79 Å². The third-order valence-electron chi connectivity index (χ3n) is 1.95. The molecular formula is C13H19NO3. The van der Waals surface area contributed by atoms with Crippen LogP contribution in [-0.4, -0.2) is 25.2 Å². The molecule has 0 heterocycles. The minimum atomic E-state index is -0.310. The highest BCUT2D eigenvalue weighted by atomic mass is 16.5. The van der Waals surface area contributed by atoms with Crippen LogP contribution in [0, 0.1) is 0 Å². The Morgan fingerprint density at radius 1 is 1.29 bits per heavy atom. The molecule has 0 aliphatic heterocycles. The number of anilines is 1. The van der Waals surface area contributed by atoms with Crippen LogP contribution in [0.5, 0.6) is 5.75 Å². The largest absolute Gasteiger partial charge is 0.486 e. The molecule has 1 aromatic carbocycles. The number of benzene rings is 1. The Morgan fingerprint density at radius 2 is 1.94 bits per heavy atom. The van der Waals surface area contributed by atoms with Gasteiger partial charge >= 0.3 is 5.97 Å². The second-order valence-electron chi connectivity index (χ2n) is 4.64. The summed E-state index contributed by atoms with van der Waals surface area (Å²) < 4.78 is 10.4. The number of nitrogens with one attached hydrogen (secondary N) is 1. The molecule has 0 atom stereocenters.